The summed E-state index contributed by atoms with van der Waals surface area (Å²) in [5.74, 6) is 1.63. The molecule has 0 unspecified atom stereocenters. The van der Waals surface area contributed by atoms with E-state index in [2.05, 4.69) is 34.2 Å². The molecular weight excluding hydrogens is 179 g/mol. The molecule has 0 aromatic rings. The van der Waals surface area contributed by atoms with Crippen LogP contribution >= 0.6 is 0 Å². The van der Waals surface area contributed by atoms with Crippen LogP contribution in [0.1, 0.15) is 27.7 Å². The predicted octanol–water partition coefficient (Wildman–Crippen LogP) is 2.97. The van der Waals surface area contributed by atoms with Gasteiger partial charge in [0.25, 0.3) is 0 Å². The highest BCUT2D eigenvalue weighted by Crippen LogP contribution is 2.14. The van der Waals surface area contributed by atoms with E-state index >= 15 is 0 Å². The Kier molecular flexibility index (Phi) is 7.57. The second kappa shape index (κ2) is 7.15. The average Bonchev–Trinajstić information content (AvgIpc) is 1.84. The van der Waals surface area contributed by atoms with Gasteiger partial charge in [-0.05, 0) is 6.55 Å². The largest absolute Gasteiger partial charge is 0.546 e. The monoisotopic (exact) mass is 200 g/mol. The van der Waals surface area contributed by atoms with Crippen molar-refractivity contribution in [3.63, 3.8) is 0 Å². The van der Waals surface area contributed by atoms with Crippen molar-refractivity contribution in [1.29, 1.82) is 0 Å². The van der Waals surface area contributed by atoms with Gasteiger partial charge in [-0.1, -0.05) is 50.1 Å². The Balaban J connectivity index is 3.69. The fourth-order valence-corrected chi connectivity index (χ4v) is 5.81. The van der Waals surface area contributed by atoms with Gasteiger partial charge in [-0.15, -0.1) is 0 Å². The minimum absolute atomic E-state index is 0.699. The summed E-state index contributed by atoms with van der Waals surface area (Å²) in [6, 6.07) is 0. The molecule has 12 heavy (non-hydrogen) atoms. The van der Waals surface area contributed by atoms with Crippen LogP contribution in [-0.2, 0) is 3.48 Å². The Bertz CT molecular complexity index is 96.7. The molecule has 0 N–H and O–H groups in total. The molecule has 0 fully saturated rings. The van der Waals surface area contributed by atoms with Gasteiger partial charge >= 0.3 is 14.5 Å². The van der Waals surface area contributed by atoms with Crippen molar-refractivity contribution in [2.45, 2.75) is 44.8 Å². The molecule has 0 bridgehead atoms. The van der Waals surface area contributed by atoms with E-state index in [-0.39, 0.29) is 0 Å². The van der Waals surface area contributed by atoms with Gasteiger partial charge in [0.15, 0.2) is 9.76 Å². The molecule has 3 heteroatoms. The molecular formula is C9H21AlOSi. The lowest BCUT2D eigenvalue weighted by Gasteiger charge is -2.15. The van der Waals surface area contributed by atoms with Gasteiger partial charge in [-0.2, -0.15) is 0 Å². The zero-order valence-electron chi connectivity index (χ0n) is 9.05. The zero-order chi connectivity index (χ0) is 9.56. The molecule has 1 nitrogen and oxygen atoms in total. The summed E-state index contributed by atoms with van der Waals surface area (Å²) in [6.07, 6.45) is 0. The van der Waals surface area contributed by atoms with Gasteiger partial charge in [0.05, 0.1) is 0 Å². The maximum atomic E-state index is 5.83. The van der Waals surface area contributed by atoms with Crippen LogP contribution in [0.15, 0.2) is 0 Å². The Morgan fingerprint density at radius 2 is 1.50 bits per heavy atom. The van der Waals surface area contributed by atoms with Crippen molar-refractivity contribution in [2.24, 2.45) is 11.8 Å². The first-order chi connectivity index (χ1) is 5.56. The first-order valence-electron chi connectivity index (χ1n) is 4.88. The lowest BCUT2D eigenvalue weighted by Crippen LogP contribution is -2.23. The predicted molar refractivity (Wildman–Crippen MR) is 57.7 cm³/mol. The van der Waals surface area contributed by atoms with E-state index < -0.39 is 14.5 Å². The van der Waals surface area contributed by atoms with Gasteiger partial charge in [0.2, 0.25) is 0 Å². The molecule has 0 saturated heterocycles. The molecule has 0 spiro atoms. The number of rotatable bonds is 6. The molecule has 2 radical (unpaired) electrons. The van der Waals surface area contributed by atoms with E-state index in [4.69, 9.17) is 3.48 Å². The molecule has 0 atom stereocenters. The second-order valence-corrected chi connectivity index (χ2v) is 7.74. The van der Waals surface area contributed by atoms with Gasteiger partial charge in [-0.25, -0.2) is 0 Å². The average molecular weight is 200 g/mol. The molecule has 0 heterocycles. The van der Waals surface area contributed by atoms with Gasteiger partial charge in [0.1, 0.15) is 0 Å². The van der Waals surface area contributed by atoms with E-state index in [1.807, 2.05) is 0 Å². The van der Waals surface area contributed by atoms with Gasteiger partial charge in [0, 0.05) is 0 Å². The maximum Gasteiger partial charge on any atom is 0.450 e. The van der Waals surface area contributed by atoms with Crippen LogP contribution < -0.4 is 0 Å². The summed E-state index contributed by atoms with van der Waals surface area (Å²) in [6.45, 7) is 11.3. The van der Waals surface area contributed by atoms with Crippen LogP contribution in [0.3, 0.4) is 0 Å². The highest BCUT2D eigenvalue weighted by molar-refractivity contribution is 6.58. The van der Waals surface area contributed by atoms with Crippen LogP contribution in [0.4, 0.5) is 0 Å². The summed E-state index contributed by atoms with van der Waals surface area (Å²) in [4.78, 5) is 0. The normalized spacial score (nSPS) is 11.2. The summed E-state index contributed by atoms with van der Waals surface area (Å²) in [5.41, 5.74) is 0. The first-order valence-corrected chi connectivity index (χ1v) is 8.39. The van der Waals surface area contributed by atoms with Crippen LogP contribution in [0.2, 0.25) is 17.1 Å². The Morgan fingerprint density at radius 1 is 1.08 bits per heavy atom. The quantitative estimate of drug-likeness (QED) is 0.599. The smallest absolute Gasteiger partial charge is 0.450 e. The highest BCUT2D eigenvalue weighted by atomic mass is 28.2. The van der Waals surface area contributed by atoms with Gasteiger partial charge < -0.3 is 3.48 Å². The minimum atomic E-state index is -0.837. The summed E-state index contributed by atoms with van der Waals surface area (Å²) in [5, 5.41) is 2.69. The van der Waals surface area contributed by atoms with Crippen molar-refractivity contribution in [2.75, 3.05) is 0 Å². The highest BCUT2D eigenvalue weighted by Gasteiger charge is 2.21. The first kappa shape index (κ1) is 12.7. The van der Waals surface area contributed by atoms with Crippen molar-refractivity contribution in [1.82, 2.24) is 0 Å². The lowest BCUT2D eigenvalue weighted by atomic mass is 10.3. The molecule has 0 aliphatic carbocycles. The molecule has 70 valence electrons. The van der Waals surface area contributed by atoms with Crippen molar-refractivity contribution >= 4 is 24.2 Å². The van der Waals surface area contributed by atoms with E-state index in [0.717, 1.165) is 11.8 Å². The second-order valence-electron chi connectivity index (χ2n) is 4.20. The van der Waals surface area contributed by atoms with E-state index in [9.17, 15) is 0 Å². The molecule has 0 amide bonds. The molecule has 0 rings (SSSR count). The third-order valence-corrected chi connectivity index (χ3v) is 6.97. The fraction of sp³-hybridized carbons (Fsp3) is 1.00. The van der Waals surface area contributed by atoms with E-state index in [1.165, 1.54) is 10.6 Å². The van der Waals surface area contributed by atoms with Crippen LogP contribution in [0.25, 0.3) is 0 Å². The summed E-state index contributed by atoms with van der Waals surface area (Å²) in [7, 11) is 0.699. The maximum absolute atomic E-state index is 5.83. The Morgan fingerprint density at radius 3 is 1.75 bits per heavy atom. The molecule has 0 aliphatic rings. The lowest BCUT2D eigenvalue weighted by molar-refractivity contribution is 0.555. The fourth-order valence-electron chi connectivity index (χ4n) is 1.41. The standard InChI is InChI=1S/2C4H9.CH3OSi.Al/c2*1-4(2)3;1-3-2;/h2*4H,1H2,2-3H3;1H3;/q;;-1;+1. The van der Waals surface area contributed by atoms with Crippen LogP contribution in [0.5, 0.6) is 0 Å². The SMILES string of the molecule is C[Si][O][Al]([CH2]C(C)C)[CH2]C(C)C. The van der Waals surface area contributed by atoms with E-state index in [1.54, 1.807) is 0 Å². The van der Waals surface area contributed by atoms with Crippen LogP contribution in [0, 0.1) is 11.8 Å². The molecule has 0 saturated carbocycles. The third-order valence-electron chi connectivity index (χ3n) is 1.75. The van der Waals surface area contributed by atoms with Crippen LogP contribution in [-0.4, -0.2) is 24.2 Å². The Hall–Kier alpha value is 0.709. The number of hydrogen-bond donors (Lipinski definition) is 0. The van der Waals surface area contributed by atoms with Crippen molar-refractivity contribution < 1.29 is 3.48 Å². The molecule has 0 aromatic heterocycles. The Labute approximate surface area is 84.6 Å². The van der Waals surface area contributed by atoms with Crippen molar-refractivity contribution in [3.8, 4) is 0 Å². The topological polar surface area (TPSA) is 9.23 Å². The van der Waals surface area contributed by atoms with Gasteiger partial charge in [-0.3, -0.25) is 0 Å². The van der Waals surface area contributed by atoms with E-state index in [0.29, 0.717) is 9.76 Å². The number of hydrogen-bond acceptors (Lipinski definition) is 1. The summed E-state index contributed by atoms with van der Waals surface area (Å²) >= 11 is -0.837. The minimum Gasteiger partial charge on any atom is -0.546 e. The summed E-state index contributed by atoms with van der Waals surface area (Å²) < 4.78 is 5.83. The molecule has 0 aliphatic heterocycles. The third kappa shape index (κ3) is 7.36. The molecule has 0 aromatic carbocycles. The zero-order valence-corrected chi connectivity index (χ0v) is 11.2. The van der Waals surface area contributed by atoms with Crippen molar-refractivity contribution in [3.05, 3.63) is 0 Å².